The van der Waals surface area contributed by atoms with Crippen molar-refractivity contribution < 1.29 is 5.11 Å². The Morgan fingerprint density at radius 2 is 1.29 bits per heavy atom. The summed E-state index contributed by atoms with van der Waals surface area (Å²) >= 11 is 0. The molecule has 0 spiro atoms. The van der Waals surface area contributed by atoms with Crippen LogP contribution in [0.3, 0.4) is 0 Å². The van der Waals surface area contributed by atoms with Gasteiger partial charge in [-0.15, -0.1) is 0 Å². The summed E-state index contributed by atoms with van der Waals surface area (Å²) in [7, 11) is 0. The zero-order valence-corrected chi connectivity index (χ0v) is 14.7. The van der Waals surface area contributed by atoms with Gasteiger partial charge >= 0.3 is 0 Å². The van der Waals surface area contributed by atoms with E-state index in [4.69, 9.17) is 0 Å². The van der Waals surface area contributed by atoms with Crippen molar-refractivity contribution in [3.8, 4) is 0 Å². The van der Waals surface area contributed by atoms with E-state index in [9.17, 15) is 5.11 Å². The Morgan fingerprint density at radius 1 is 0.833 bits per heavy atom. The third-order valence-electron chi connectivity index (χ3n) is 5.37. The van der Waals surface area contributed by atoms with Gasteiger partial charge in [0.15, 0.2) is 0 Å². The van der Waals surface area contributed by atoms with Gasteiger partial charge in [-0.05, 0) is 37.1 Å². The third-order valence-corrected chi connectivity index (χ3v) is 5.37. The summed E-state index contributed by atoms with van der Waals surface area (Å²) in [4.78, 5) is 2.54. The number of hydrogen-bond acceptors (Lipinski definition) is 2. The zero-order chi connectivity index (χ0) is 16.8. The summed E-state index contributed by atoms with van der Waals surface area (Å²) in [5.41, 5.74) is 1.02. The Kier molecular flexibility index (Phi) is 5.70. The standard InChI is InChI=1S/C22H29NO/c1-19(18-23-16-10-2-3-11-17-23)22(24,20-12-6-4-7-13-20)21-14-8-5-9-15-21/h4-9,12-15,19,24H,2-3,10-11,16-18H2,1H3. The molecule has 0 amide bonds. The lowest BCUT2D eigenvalue weighted by molar-refractivity contribution is 0.00779. The molecule has 0 bridgehead atoms. The second-order valence-corrected chi connectivity index (χ2v) is 7.11. The first-order valence-electron chi connectivity index (χ1n) is 9.27. The molecule has 1 unspecified atom stereocenters. The van der Waals surface area contributed by atoms with Crippen molar-refractivity contribution >= 4 is 0 Å². The van der Waals surface area contributed by atoms with Gasteiger partial charge in [0.05, 0.1) is 0 Å². The number of benzene rings is 2. The van der Waals surface area contributed by atoms with Crippen molar-refractivity contribution in [1.29, 1.82) is 0 Å². The maximum absolute atomic E-state index is 11.8. The topological polar surface area (TPSA) is 23.5 Å². The van der Waals surface area contributed by atoms with Crippen molar-refractivity contribution in [1.82, 2.24) is 4.90 Å². The maximum atomic E-state index is 11.8. The number of nitrogens with zero attached hydrogens (tertiary/aromatic N) is 1. The SMILES string of the molecule is CC(CN1CCCCCC1)C(O)(c1ccccc1)c1ccccc1. The average Bonchev–Trinajstić information content (AvgIpc) is 2.91. The van der Waals surface area contributed by atoms with Crippen LogP contribution in [0.4, 0.5) is 0 Å². The molecule has 1 saturated heterocycles. The smallest absolute Gasteiger partial charge is 0.118 e. The summed E-state index contributed by atoms with van der Waals surface area (Å²) in [6, 6.07) is 20.3. The van der Waals surface area contributed by atoms with Crippen LogP contribution in [-0.2, 0) is 5.60 Å². The molecule has 128 valence electrons. The van der Waals surface area contributed by atoms with Crippen LogP contribution in [-0.4, -0.2) is 29.6 Å². The minimum Gasteiger partial charge on any atom is -0.380 e. The molecule has 2 nitrogen and oxygen atoms in total. The van der Waals surface area contributed by atoms with Gasteiger partial charge in [0.1, 0.15) is 5.60 Å². The van der Waals surface area contributed by atoms with Crippen molar-refractivity contribution in [3.63, 3.8) is 0 Å². The number of aliphatic hydroxyl groups is 1. The normalized spacial score (nSPS) is 18.1. The molecule has 1 fully saturated rings. The van der Waals surface area contributed by atoms with Crippen LogP contribution in [0.5, 0.6) is 0 Å². The van der Waals surface area contributed by atoms with Crippen LogP contribution in [0.2, 0.25) is 0 Å². The molecule has 0 aromatic heterocycles. The molecule has 1 N–H and O–H groups in total. The van der Waals surface area contributed by atoms with Crippen LogP contribution in [0.25, 0.3) is 0 Å². The van der Waals surface area contributed by atoms with E-state index >= 15 is 0 Å². The van der Waals surface area contributed by atoms with Gasteiger partial charge in [-0.3, -0.25) is 0 Å². The van der Waals surface area contributed by atoms with E-state index in [0.29, 0.717) is 0 Å². The monoisotopic (exact) mass is 323 g/mol. The molecule has 2 heteroatoms. The highest BCUT2D eigenvalue weighted by atomic mass is 16.3. The molecule has 1 aliphatic rings. The quantitative estimate of drug-likeness (QED) is 0.879. The van der Waals surface area contributed by atoms with Crippen molar-refractivity contribution in [2.45, 2.75) is 38.2 Å². The fourth-order valence-electron chi connectivity index (χ4n) is 3.96. The molecule has 0 radical (unpaired) electrons. The van der Waals surface area contributed by atoms with Crippen LogP contribution < -0.4 is 0 Å². The number of rotatable bonds is 5. The number of hydrogen-bond donors (Lipinski definition) is 1. The van der Waals surface area contributed by atoms with Crippen LogP contribution in [0.1, 0.15) is 43.7 Å². The second-order valence-electron chi connectivity index (χ2n) is 7.11. The molecule has 0 aliphatic carbocycles. The van der Waals surface area contributed by atoms with Gasteiger partial charge in [0.2, 0.25) is 0 Å². The molecule has 3 rings (SSSR count). The first-order chi connectivity index (χ1) is 11.7. The summed E-state index contributed by atoms with van der Waals surface area (Å²) in [6.45, 7) is 5.43. The minimum atomic E-state index is -0.950. The molecule has 1 aliphatic heterocycles. The van der Waals surface area contributed by atoms with Crippen LogP contribution in [0.15, 0.2) is 60.7 Å². The first-order valence-corrected chi connectivity index (χ1v) is 9.27. The minimum absolute atomic E-state index is 0.125. The third kappa shape index (κ3) is 3.71. The largest absolute Gasteiger partial charge is 0.380 e. The highest BCUT2D eigenvalue weighted by Crippen LogP contribution is 2.37. The Balaban J connectivity index is 1.89. The van der Waals surface area contributed by atoms with Gasteiger partial charge in [-0.25, -0.2) is 0 Å². The fraction of sp³-hybridized carbons (Fsp3) is 0.455. The van der Waals surface area contributed by atoms with Gasteiger partial charge in [-0.1, -0.05) is 80.4 Å². The molecule has 2 aromatic rings. The molecule has 24 heavy (non-hydrogen) atoms. The molecule has 1 atom stereocenters. The van der Waals surface area contributed by atoms with Gasteiger partial charge in [-0.2, -0.15) is 0 Å². The number of likely N-dealkylation sites (tertiary alicyclic amines) is 1. The first kappa shape index (κ1) is 17.2. The lowest BCUT2D eigenvalue weighted by Gasteiger charge is -2.38. The van der Waals surface area contributed by atoms with Gasteiger partial charge < -0.3 is 10.0 Å². The van der Waals surface area contributed by atoms with Crippen molar-refractivity contribution in [2.24, 2.45) is 5.92 Å². The van der Waals surface area contributed by atoms with E-state index < -0.39 is 5.60 Å². The van der Waals surface area contributed by atoms with Gasteiger partial charge in [0, 0.05) is 12.5 Å². The molecular formula is C22H29NO. The lowest BCUT2D eigenvalue weighted by Crippen LogP contribution is -2.42. The van der Waals surface area contributed by atoms with Crippen LogP contribution >= 0.6 is 0 Å². The van der Waals surface area contributed by atoms with Crippen LogP contribution in [0, 0.1) is 5.92 Å². The Bertz CT molecular complexity index is 563. The summed E-state index contributed by atoms with van der Waals surface area (Å²) in [5.74, 6) is 0.125. The Hall–Kier alpha value is -1.64. The highest BCUT2D eigenvalue weighted by Gasteiger charge is 2.38. The van der Waals surface area contributed by atoms with E-state index in [2.05, 4.69) is 11.8 Å². The summed E-state index contributed by atoms with van der Waals surface area (Å²) in [5, 5.41) is 11.8. The van der Waals surface area contributed by atoms with Crippen molar-refractivity contribution in [2.75, 3.05) is 19.6 Å². The van der Waals surface area contributed by atoms with Gasteiger partial charge in [0.25, 0.3) is 0 Å². The van der Waals surface area contributed by atoms with Crippen molar-refractivity contribution in [3.05, 3.63) is 71.8 Å². The van der Waals surface area contributed by atoms with E-state index in [1.54, 1.807) is 0 Å². The predicted molar refractivity (Wildman–Crippen MR) is 100.0 cm³/mol. The predicted octanol–water partition coefficient (Wildman–Crippen LogP) is 4.43. The van der Waals surface area contributed by atoms with E-state index in [1.165, 1.54) is 25.7 Å². The molecule has 1 heterocycles. The maximum Gasteiger partial charge on any atom is 0.118 e. The average molecular weight is 323 g/mol. The summed E-state index contributed by atoms with van der Waals surface area (Å²) < 4.78 is 0. The Labute approximate surface area is 146 Å². The lowest BCUT2D eigenvalue weighted by atomic mass is 9.76. The fourth-order valence-corrected chi connectivity index (χ4v) is 3.96. The Morgan fingerprint density at radius 3 is 1.75 bits per heavy atom. The van der Waals surface area contributed by atoms with E-state index in [-0.39, 0.29) is 5.92 Å². The highest BCUT2D eigenvalue weighted by molar-refractivity contribution is 5.36. The summed E-state index contributed by atoms with van der Waals surface area (Å²) in [6.07, 6.45) is 5.24. The zero-order valence-electron chi connectivity index (χ0n) is 14.7. The van der Waals surface area contributed by atoms with E-state index in [0.717, 1.165) is 30.8 Å². The molecule has 0 saturated carbocycles. The molecule has 2 aromatic carbocycles. The molecular weight excluding hydrogens is 294 g/mol. The van der Waals surface area contributed by atoms with E-state index in [1.807, 2.05) is 60.7 Å². The second kappa shape index (κ2) is 7.96.